The monoisotopic (exact) mass is 495 g/mol. The minimum absolute atomic E-state index is 0.140. The molecular formula is C28H22FN5O3. The molecule has 1 amide bonds. The molecule has 0 aliphatic rings. The van der Waals surface area contributed by atoms with Crippen molar-refractivity contribution in [2.75, 3.05) is 17.7 Å². The molecule has 0 aliphatic heterocycles. The van der Waals surface area contributed by atoms with Gasteiger partial charge in [0.1, 0.15) is 28.7 Å². The molecule has 0 radical (unpaired) electrons. The predicted octanol–water partition coefficient (Wildman–Crippen LogP) is 5.31. The van der Waals surface area contributed by atoms with E-state index in [2.05, 4.69) is 20.6 Å². The van der Waals surface area contributed by atoms with E-state index < -0.39 is 17.3 Å². The number of halogens is 1. The largest absolute Gasteiger partial charge is 0.457 e. The van der Waals surface area contributed by atoms with Crippen molar-refractivity contribution < 1.29 is 13.9 Å². The fourth-order valence-corrected chi connectivity index (χ4v) is 3.96. The lowest BCUT2D eigenvalue weighted by molar-refractivity contribution is 0.102. The summed E-state index contributed by atoms with van der Waals surface area (Å²) in [5.74, 6) is 0.549. The van der Waals surface area contributed by atoms with Gasteiger partial charge in [-0.25, -0.2) is 9.37 Å². The summed E-state index contributed by atoms with van der Waals surface area (Å²) in [5, 5.41) is 6.69. The van der Waals surface area contributed by atoms with Crippen LogP contribution >= 0.6 is 0 Å². The Kier molecular flexibility index (Phi) is 6.34. The van der Waals surface area contributed by atoms with E-state index in [1.165, 1.54) is 35.0 Å². The summed E-state index contributed by atoms with van der Waals surface area (Å²) in [4.78, 5) is 34.6. The molecule has 2 aromatic heterocycles. The van der Waals surface area contributed by atoms with Crippen LogP contribution in [0, 0.1) is 12.7 Å². The number of carbonyl (C=O) groups excluding carboxylic acids is 1. The Hall–Kier alpha value is -5.05. The molecule has 0 atom stereocenters. The molecule has 3 aromatic carbocycles. The Morgan fingerprint density at radius 3 is 2.46 bits per heavy atom. The summed E-state index contributed by atoms with van der Waals surface area (Å²) in [5.41, 5.74) is 1.89. The molecule has 0 saturated heterocycles. The maximum Gasteiger partial charge on any atom is 0.270 e. The molecule has 0 unspecified atom stereocenters. The summed E-state index contributed by atoms with van der Waals surface area (Å²) >= 11 is 0. The van der Waals surface area contributed by atoms with Crippen LogP contribution < -0.4 is 20.9 Å². The summed E-state index contributed by atoms with van der Waals surface area (Å²) in [6, 6.07) is 19.8. The highest BCUT2D eigenvalue weighted by molar-refractivity contribution is 6.04. The third kappa shape index (κ3) is 4.74. The first-order chi connectivity index (χ1) is 17.9. The average molecular weight is 496 g/mol. The Balaban J connectivity index is 1.36. The van der Waals surface area contributed by atoms with Gasteiger partial charge in [0, 0.05) is 30.5 Å². The number of benzene rings is 3. The van der Waals surface area contributed by atoms with Gasteiger partial charge in [0.25, 0.3) is 11.5 Å². The lowest BCUT2D eigenvalue weighted by Crippen LogP contribution is -2.30. The lowest BCUT2D eigenvalue weighted by atomic mass is 10.1. The minimum Gasteiger partial charge on any atom is -0.457 e. The van der Waals surface area contributed by atoms with Gasteiger partial charge in [-0.2, -0.15) is 0 Å². The third-order valence-corrected chi connectivity index (χ3v) is 5.81. The number of carbonyl (C=O) groups is 1. The zero-order chi connectivity index (χ0) is 25.9. The molecule has 37 heavy (non-hydrogen) atoms. The van der Waals surface area contributed by atoms with E-state index in [0.717, 1.165) is 16.6 Å². The van der Waals surface area contributed by atoms with Gasteiger partial charge in [0.2, 0.25) is 0 Å². The van der Waals surface area contributed by atoms with Crippen LogP contribution in [0.5, 0.6) is 11.5 Å². The summed E-state index contributed by atoms with van der Waals surface area (Å²) < 4.78 is 20.7. The zero-order valence-electron chi connectivity index (χ0n) is 20.0. The lowest BCUT2D eigenvalue weighted by Gasteiger charge is -2.12. The van der Waals surface area contributed by atoms with Crippen LogP contribution in [0.4, 0.5) is 15.8 Å². The smallest absolute Gasteiger partial charge is 0.270 e. The number of anilines is 2. The van der Waals surface area contributed by atoms with Crippen molar-refractivity contribution in [2.24, 2.45) is 0 Å². The highest BCUT2D eigenvalue weighted by atomic mass is 19.1. The molecule has 0 spiro atoms. The maximum atomic E-state index is 13.3. The van der Waals surface area contributed by atoms with E-state index in [0.29, 0.717) is 28.7 Å². The van der Waals surface area contributed by atoms with E-state index >= 15 is 0 Å². The number of para-hydroxylation sites is 1. The normalized spacial score (nSPS) is 10.8. The summed E-state index contributed by atoms with van der Waals surface area (Å²) in [6.45, 7) is 1.64. The van der Waals surface area contributed by atoms with Crippen LogP contribution in [-0.2, 0) is 0 Å². The molecular weight excluding hydrogens is 473 g/mol. The number of hydrogen-bond donors (Lipinski definition) is 2. The first kappa shape index (κ1) is 23.7. The Labute approximate surface area is 211 Å². The Morgan fingerprint density at radius 2 is 1.73 bits per heavy atom. The van der Waals surface area contributed by atoms with Crippen molar-refractivity contribution in [3.63, 3.8) is 0 Å². The SMILES string of the molecule is CNc1cccc2c(Oc3ccc(NC(=O)c4cnc(C)n(-c5ccc(F)cc5)c4=O)cc3)ccnc12. The third-order valence-electron chi connectivity index (χ3n) is 5.81. The van der Waals surface area contributed by atoms with Crippen LogP contribution in [-0.4, -0.2) is 27.5 Å². The van der Waals surface area contributed by atoms with E-state index in [1.807, 2.05) is 25.2 Å². The van der Waals surface area contributed by atoms with Gasteiger partial charge in [-0.3, -0.25) is 19.1 Å². The van der Waals surface area contributed by atoms with Gasteiger partial charge in [-0.05, 0) is 73.7 Å². The second-order valence-corrected chi connectivity index (χ2v) is 8.18. The molecule has 9 heteroatoms. The van der Waals surface area contributed by atoms with Crippen molar-refractivity contribution >= 4 is 28.2 Å². The van der Waals surface area contributed by atoms with E-state index in [4.69, 9.17) is 4.74 Å². The molecule has 0 fully saturated rings. The number of nitrogens with one attached hydrogen (secondary N) is 2. The number of amides is 1. The molecule has 5 rings (SSSR count). The number of ether oxygens (including phenoxy) is 1. The molecule has 0 aliphatic carbocycles. The van der Waals surface area contributed by atoms with E-state index in [-0.39, 0.29) is 5.56 Å². The molecule has 2 N–H and O–H groups in total. The standard InChI is InChI=1S/C28H22FN5O3/c1-17-32-16-23(28(36)34(17)20-10-6-18(29)7-11-20)27(35)33-19-8-12-21(13-9-19)37-25-14-15-31-26-22(25)4-3-5-24(26)30-2/h3-16,30H,1-2H3,(H,33,35). The van der Waals surface area contributed by atoms with Gasteiger partial charge in [-0.15, -0.1) is 0 Å². The van der Waals surface area contributed by atoms with Crippen LogP contribution in [0.2, 0.25) is 0 Å². The Bertz CT molecular complexity index is 1670. The first-order valence-electron chi connectivity index (χ1n) is 11.4. The van der Waals surface area contributed by atoms with Crippen LogP contribution in [0.15, 0.2) is 90.0 Å². The average Bonchev–Trinajstić information content (AvgIpc) is 2.90. The highest BCUT2D eigenvalue weighted by Crippen LogP contribution is 2.32. The van der Waals surface area contributed by atoms with Crippen LogP contribution in [0.3, 0.4) is 0 Å². The fraction of sp³-hybridized carbons (Fsp3) is 0.0714. The number of pyridine rings is 1. The molecule has 5 aromatic rings. The van der Waals surface area contributed by atoms with Crippen molar-refractivity contribution in [2.45, 2.75) is 6.92 Å². The molecule has 184 valence electrons. The molecule has 2 heterocycles. The second-order valence-electron chi connectivity index (χ2n) is 8.18. The number of hydrogen-bond acceptors (Lipinski definition) is 6. The number of rotatable bonds is 6. The van der Waals surface area contributed by atoms with Crippen LogP contribution in [0.1, 0.15) is 16.2 Å². The number of aromatic nitrogens is 3. The summed E-state index contributed by atoms with van der Waals surface area (Å²) in [6.07, 6.45) is 2.92. The fourth-order valence-electron chi connectivity index (χ4n) is 3.96. The van der Waals surface area contributed by atoms with Gasteiger partial charge in [-0.1, -0.05) is 6.07 Å². The highest BCUT2D eigenvalue weighted by Gasteiger charge is 2.16. The minimum atomic E-state index is -0.609. The van der Waals surface area contributed by atoms with Crippen molar-refractivity contribution in [1.82, 2.24) is 14.5 Å². The van der Waals surface area contributed by atoms with Gasteiger partial charge in [0.05, 0.1) is 16.9 Å². The van der Waals surface area contributed by atoms with Gasteiger partial charge in [0.15, 0.2) is 0 Å². The van der Waals surface area contributed by atoms with Crippen molar-refractivity contribution in [3.8, 4) is 17.2 Å². The maximum absolute atomic E-state index is 13.3. The zero-order valence-corrected chi connectivity index (χ0v) is 20.0. The number of nitrogens with zero attached hydrogens (tertiary/aromatic N) is 3. The molecule has 0 bridgehead atoms. The molecule has 8 nitrogen and oxygen atoms in total. The number of fused-ring (bicyclic) bond motifs is 1. The van der Waals surface area contributed by atoms with Gasteiger partial charge < -0.3 is 15.4 Å². The van der Waals surface area contributed by atoms with Gasteiger partial charge >= 0.3 is 0 Å². The first-order valence-corrected chi connectivity index (χ1v) is 11.4. The Morgan fingerprint density at radius 1 is 0.973 bits per heavy atom. The van der Waals surface area contributed by atoms with Crippen molar-refractivity contribution in [3.05, 3.63) is 113 Å². The second kappa shape index (κ2) is 9.90. The summed E-state index contributed by atoms with van der Waals surface area (Å²) in [7, 11) is 1.84. The number of aryl methyl sites for hydroxylation is 1. The topological polar surface area (TPSA) is 98.1 Å². The predicted molar refractivity (Wildman–Crippen MR) is 140 cm³/mol. The quantitative estimate of drug-likeness (QED) is 0.331. The van der Waals surface area contributed by atoms with E-state index in [9.17, 15) is 14.0 Å². The van der Waals surface area contributed by atoms with E-state index in [1.54, 1.807) is 43.5 Å². The molecule has 0 saturated carbocycles. The van der Waals surface area contributed by atoms with Crippen LogP contribution in [0.25, 0.3) is 16.6 Å². The van der Waals surface area contributed by atoms with Crippen molar-refractivity contribution in [1.29, 1.82) is 0 Å².